The molecule has 90 valence electrons. The van der Waals surface area contributed by atoms with Gasteiger partial charge in [0.15, 0.2) is 0 Å². The molecule has 0 radical (unpaired) electrons. The molecule has 1 amide bonds. The van der Waals surface area contributed by atoms with Crippen molar-refractivity contribution in [3.63, 3.8) is 0 Å². The molecule has 3 nitrogen and oxygen atoms in total. The molecule has 1 aliphatic heterocycles. The van der Waals surface area contributed by atoms with Crippen LogP contribution in [0.5, 0.6) is 0 Å². The number of benzene rings is 1. The molecule has 0 saturated carbocycles. The third-order valence-corrected chi connectivity index (χ3v) is 2.65. The Morgan fingerprint density at radius 1 is 1.53 bits per heavy atom. The number of nitrogens with zero attached hydrogens (tertiary/aromatic N) is 1. The molecular weight excluding hydrogens is 245 g/mol. The van der Waals surface area contributed by atoms with Gasteiger partial charge in [0.25, 0.3) is 5.91 Å². The van der Waals surface area contributed by atoms with E-state index in [1.807, 2.05) is 0 Å². The summed E-state index contributed by atoms with van der Waals surface area (Å²) in [5.41, 5.74) is 0.670. The fourth-order valence-electron chi connectivity index (χ4n) is 1.49. The summed E-state index contributed by atoms with van der Waals surface area (Å²) in [5.74, 6) is -0.694. The topological polar surface area (TPSA) is 29.5 Å². The Morgan fingerprint density at radius 2 is 2.35 bits per heavy atom. The van der Waals surface area contributed by atoms with Gasteiger partial charge in [-0.25, -0.2) is 9.45 Å². The van der Waals surface area contributed by atoms with E-state index in [0.29, 0.717) is 18.7 Å². The summed E-state index contributed by atoms with van der Waals surface area (Å²) in [6.07, 6.45) is 3.81. The summed E-state index contributed by atoms with van der Waals surface area (Å²) in [4.78, 5) is 16.7. The highest BCUT2D eigenvalue weighted by Gasteiger charge is 2.16. The van der Waals surface area contributed by atoms with E-state index in [-0.39, 0.29) is 10.9 Å². The van der Waals surface area contributed by atoms with Gasteiger partial charge in [0.2, 0.25) is 0 Å². The van der Waals surface area contributed by atoms with Crippen molar-refractivity contribution in [2.24, 2.45) is 0 Å². The van der Waals surface area contributed by atoms with E-state index in [4.69, 9.17) is 16.4 Å². The molecule has 0 spiro atoms. The minimum Gasteiger partial charge on any atom is -0.271 e. The van der Waals surface area contributed by atoms with Gasteiger partial charge in [0.05, 0.1) is 18.2 Å². The summed E-state index contributed by atoms with van der Waals surface area (Å²) in [5, 5.41) is 1.35. The Labute approximate surface area is 103 Å². The maximum Gasteiger partial charge on any atom is 0.270 e. The van der Waals surface area contributed by atoms with Gasteiger partial charge in [-0.15, -0.1) is 0 Å². The van der Waals surface area contributed by atoms with E-state index < -0.39 is 5.82 Å². The normalized spacial score (nSPS) is 15.8. The smallest absolute Gasteiger partial charge is 0.270 e. The van der Waals surface area contributed by atoms with Gasteiger partial charge in [0, 0.05) is 6.08 Å². The summed E-state index contributed by atoms with van der Waals surface area (Å²) in [6.45, 7) is 1.18. The van der Waals surface area contributed by atoms with Crippen LogP contribution >= 0.6 is 11.6 Å². The first-order chi connectivity index (χ1) is 8.16. The molecule has 0 unspecified atom stereocenters. The van der Waals surface area contributed by atoms with E-state index in [1.165, 1.54) is 23.3 Å². The molecule has 1 aromatic rings. The van der Waals surface area contributed by atoms with Crippen LogP contribution in [0.15, 0.2) is 24.3 Å². The third-order valence-electron chi connectivity index (χ3n) is 2.36. The number of carbonyl (C=O) groups is 1. The first kappa shape index (κ1) is 12.1. The lowest BCUT2D eigenvalue weighted by molar-refractivity contribution is -0.162. The SMILES string of the molecule is O=C(/C=C/c1ccc(F)c(Cl)c1)N1CCCO1. The number of rotatable bonds is 2. The predicted molar refractivity (Wildman–Crippen MR) is 62.7 cm³/mol. The second-order valence-corrected chi connectivity index (χ2v) is 4.04. The van der Waals surface area contributed by atoms with Crippen LogP contribution in [0.2, 0.25) is 5.02 Å². The van der Waals surface area contributed by atoms with Crippen molar-refractivity contribution in [3.8, 4) is 0 Å². The molecule has 5 heteroatoms. The summed E-state index contributed by atoms with van der Waals surface area (Å²) in [6, 6.07) is 4.28. The summed E-state index contributed by atoms with van der Waals surface area (Å²) < 4.78 is 12.9. The van der Waals surface area contributed by atoms with Crippen molar-refractivity contribution in [2.75, 3.05) is 13.2 Å². The first-order valence-electron chi connectivity index (χ1n) is 5.24. The second kappa shape index (κ2) is 5.29. The number of halogens is 2. The van der Waals surface area contributed by atoms with E-state index in [9.17, 15) is 9.18 Å². The highest BCUT2D eigenvalue weighted by Crippen LogP contribution is 2.17. The second-order valence-electron chi connectivity index (χ2n) is 3.63. The number of hydroxylamine groups is 2. The predicted octanol–water partition coefficient (Wildman–Crippen LogP) is 2.66. The van der Waals surface area contributed by atoms with E-state index >= 15 is 0 Å². The molecule has 17 heavy (non-hydrogen) atoms. The van der Waals surface area contributed by atoms with Crippen LogP contribution in [0.4, 0.5) is 4.39 Å². The van der Waals surface area contributed by atoms with Gasteiger partial charge in [-0.1, -0.05) is 17.7 Å². The van der Waals surface area contributed by atoms with Gasteiger partial charge in [-0.3, -0.25) is 9.63 Å². The van der Waals surface area contributed by atoms with Crippen LogP contribution in [0.3, 0.4) is 0 Å². The van der Waals surface area contributed by atoms with Crippen molar-refractivity contribution in [2.45, 2.75) is 6.42 Å². The van der Waals surface area contributed by atoms with E-state index in [1.54, 1.807) is 12.1 Å². The molecule has 2 rings (SSSR count). The molecule has 0 atom stereocenters. The van der Waals surface area contributed by atoms with Crippen molar-refractivity contribution in [1.29, 1.82) is 0 Å². The maximum absolute atomic E-state index is 12.9. The van der Waals surface area contributed by atoms with Crippen LogP contribution in [-0.2, 0) is 9.63 Å². The Hall–Kier alpha value is -1.39. The molecule has 0 bridgehead atoms. The van der Waals surface area contributed by atoms with Gasteiger partial charge < -0.3 is 0 Å². The molecule has 1 saturated heterocycles. The molecule has 0 N–H and O–H groups in total. The molecule has 1 aliphatic rings. The number of hydrogen-bond donors (Lipinski definition) is 0. The van der Waals surface area contributed by atoms with Crippen LogP contribution in [0.1, 0.15) is 12.0 Å². The monoisotopic (exact) mass is 255 g/mol. The highest BCUT2D eigenvalue weighted by atomic mass is 35.5. The minimum absolute atomic E-state index is 0.0389. The Bertz CT molecular complexity index is 456. The standard InChI is InChI=1S/C12H11ClFNO2/c13-10-8-9(2-4-11(10)14)3-5-12(16)15-6-1-7-17-15/h2-5,8H,1,6-7H2/b5-3+. The molecular formula is C12H11ClFNO2. The van der Waals surface area contributed by atoms with Crippen LogP contribution < -0.4 is 0 Å². The highest BCUT2D eigenvalue weighted by molar-refractivity contribution is 6.30. The van der Waals surface area contributed by atoms with Gasteiger partial charge >= 0.3 is 0 Å². The fraction of sp³-hybridized carbons (Fsp3) is 0.250. The Morgan fingerprint density at radius 3 is 3.00 bits per heavy atom. The van der Waals surface area contributed by atoms with Gasteiger partial charge in [-0.05, 0) is 30.2 Å². The molecule has 0 aliphatic carbocycles. The first-order valence-corrected chi connectivity index (χ1v) is 5.62. The average Bonchev–Trinajstić information content (AvgIpc) is 2.84. The quantitative estimate of drug-likeness (QED) is 0.761. The molecule has 1 fully saturated rings. The van der Waals surface area contributed by atoms with Crippen molar-refractivity contribution in [1.82, 2.24) is 5.06 Å². The van der Waals surface area contributed by atoms with Crippen LogP contribution in [-0.4, -0.2) is 24.1 Å². The van der Waals surface area contributed by atoms with Crippen LogP contribution in [0, 0.1) is 5.82 Å². The van der Waals surface area contributed by atoms with Crippen molar-refractivity contribution in [3.05, 3.63) is 40.7 Å². The zero-order chi connectivity index (χ0) is 12.3. The zero-order valence-electron chi connectivity index (χ0n) is 9.03. The Kier molecular flexibility index (Phi) is 3.76. The summed E-state index contributed by atoms with van der Waals surface area (Å²) >= 11 is 5.63. The Balaban J connectivity index is 2.04. The number of amides is 1. The van der Waals surface area contributed by atoms with Crippen molar-refractivity contribution >= 4 is 23.6 Å². The maximum atomic E-state index is 12.9. The lowest BCUT2D eigenvalue weighted by Crippen LogP contribution is -2.24. The number of carbonyl (C=O) groups excluding carboxylic acids is 1. The average molecular weight is 256 g/mol. The van der Waals surface area contributed by atoms with E-state index in [2.05, 4.69) is 0 Å². The van der Waals surface area contributed by atoms with Crippen molar-refractivity contribution < 1.29 is 14.0 Å². The molecule has 0 aromatic heterocycles. The number of hydrogen-bond acceptors (Lipinski definition) is 2. The minimum atomic E-state index is -0.474. The van der Waals surface area contributed by atoms with E-state index in [0.717, 1.165) is 6.42 Å². The largest absolute Gasteiger partial charge is 0.271 e. The lowest BCUT2D eigenvalue weighted by atomic mass is 10.2. The fourth-order valence-corrected chi connectivity index (χ4v) is 1.68. The third kappa shape index (κ3) is 3.05. The van der Waals surface area contributed by atoms with Gasteiger partial charge in [0.1, 0.15) is 5.82 Å². The molecule has 1 aromatic carbocycles. The van der Waals surface area contributed by atoms with Gasteiger partial charge in [-0.2, -0.15) is 0 Å². The lowest BCUT2D eigenvalue weighted by Gasteiger charge is -2.10. The molecule has 1 heterocycles. The summed E-state index contributed by atoms with van der Waals surface area (Å²) in [7, 11) is 0. The zero-order valence-corrected chi connectivity index (χ0v) is 9.78. The van der Waals surface area contributed by atoms with Crippen LogP contribution in [0.25, 0.3) is 6.08 Å².